The number of carbonyl (C=O) groups excluding carboxylic acids is 1. The number of fused-ring (bicyclic) bond motifs is 1. The number of nitrogens with zero attached hydrogens (tertiary/aromatic N) is 6. The van der Waals surface area contributed by atoms with E-state index < -0.39 is 17.6 Å². The van der Waals surface area contributed by atoms with Gasteiger partial charge >= 0.3 is 0 Å². The average molecular weight is 415 g/mol. The summed E-state index contributed by atoms with van der Waals surface area (Å²) in [6.07, 6.45) is 0.519. The van der Waals surface area contributed by atoms with Crippen LogP contribution in [0, 0.1) is 13.8 Å². The van der Waals surface area contributed by atoms with E-state index in [0.717, 1.165) is 9.75 Å². The van der Waals surface area contributed by atoms with E-state index in [4.69, 9.17) is 10.2 Å². The Bertz CT molecular complexity index is 1270. The van der Waals surface area contributed by atoms with Gasteiger partial charge in [0, 0.05) is 9.75 Å². The van der Waals surface area contributed by atoms with Crippen LogP contribution in [0.5, 0.6) is 0 Å². The fourth-order valence-corrected chi connectivity index (χ4v) is 3.85. The number of hydrogen-bond donors (Lipinski definition) is 2. The Morgan fingerprint density at radius 1 is 1.38 bits per heavy atom. The molecular weight excluding hydrogens is 398 g/mol. The van der Waals surface area contributed by atoms with Gasteiger partial charge in [0.25, 0.3) is 11.5 Å². The summed E-state index contributed by atoms with van der Waals surface area (Å²) in [7, 11) is 0. The minimum Gasteiger partial charge on any atom is -0.442 e. The number of amides is 1. The number of nitrogens with two attached hydrogens (primary N) is 1. The highest BCUT2D eigenvalue weighted by molar-refractivity contribution is 7.12. The van der Waals surface area contributed by atoms with Crippen LogP contribution >= 0.6 is 11.3 Å². The smallest absolute Gasteiger partial charge is 0.265 e. The van der Waals surface area contributed by atoms with Crippen molar-refractivity contribution in [2.45, 2.75) is 33.0 Å². The van der Waals surface area contributed by atoms with E-state index in [1.165, 1.54) is 27.0 Å². The first-order valence-electron chi connectivity index (χ1n) is 8.63. The summed E-state index contributed by atoms with van der Waals surface area (Å²) < 4.78 is 6.58. The molecule has 0 spiro atoms. The third kappa shape index (κ3) is 3.54. The Labute approximate surface area is 167 Å². The SMILES string of the molecule is Cc1ccc([C@@H](O)Cn2nnc(Cn3cnc4oc(C)c(C(N)=O)c4c3=O)n2)s1. The molecule has 0 saturated heterocycles. The number of hydrogen-bond acceptors (Lipinski definition) is 9. The zero-order valence-corrected chi connectivity index (χ0v) is 16.4. The van der Waals surface area contributed by atoms with E-state index >= 15 is 0 Å². The molecule has 0 aromatic carbocycles. The molecule has 0 saturated carbocycles. The Hall–Kier alpha value is -3.38. The average Bonchev–Trinajstić information content (AvgIpc) is 3.36. The molecule has 0 unspecified atom stereocenters. The molecule has 4 heterocycles. The normalized spacial score (nSPS) is 12.5. The van der Waals surface area contributed by atoms with Gasteiger partial charge in [-0.05, 0) is 31.2 Å². The lowest BCUT2D eigenvalue weighted by atomic mass is 10.2. The number of tetrazole rings is 1. The third-order valence-corrected chi connectivity index (χ3v) is 5.43. The summed E-state index contributed by atoms with van der Waals surface area (Å²) in [5.41, 5.74) is 4.92. The van der Waals surface area contributed by atoms with Crippen LogP contribution < -0.4 is 11.3 Å². The molecule has 4 rings (SSSR count). The van der Waals surface area contributed by atoms with Crippen molar-refractivity contribution in [2.24, 2.45) is 5.73 Å². The van der Waals surface area contributed by atoms with Crippen molar-refractivity contribution >= 4 is 28.3 Å². The molecule has 0 bridgehead atoms. The lowest BCUT2D eigenvalue weighted by Crippen LogP contribution is -2.24. The summed E-state index contributed by atoms with van der Waals surface area (Å²) in [5.74, 6) is -0.278. The number of rotatable bonds is 6. The van der Waals surface area contributed by atoms with Crippen LogP contribution in [0.15, 0.2) is 27.7 Å². The molecule has 0 aliphatic rings. The first-order chi connectivity index (χ1) is 13.8. The molecule has 4 aromatic heterocycles. The van der Waals surface area contributed by atoms with E-state index in [-0.39, 0.29) is 41.3 Å². The monoisotopic (exact) mass is 415 g/mol. The van der Waals surface area contributed by atoms with Gasteiger partial charge in [-0.1, -0.05) is 0 Å². The molecule has 0 aliphatic heterocycles. The van der Waals surface area contributed by atoms with Crippen molar-refractivity contribution in [1.82, 2.24) is 29.8 Å². The van der Waals surface area contributed by atoms with Crippen molar-refractivity contribution in [1.29, 1.82) is 0 Å². The van der Waals surface area contributed by atoms with E-state index in [0.29, 0.717) is 0 Å². The van der Waals surface area contributed by atoms with Gasteiger partial charge in [-0.15, -0.1) is 21.5 Å². The number of aryl methyl sites for hydroxylation is 2. The minimum atomic E-state index is -0.764. The summed E-state index contributed by atoms with van der Waals surface area (Å²) >= 11 is 1.49. The predicted octanol–water partition coefficient (Wildman–Crippen LogP) is 0.535. The zero-order valence-electron chi connectivity index (χ0n) is 15.6. The highest BCUT2D eigenvalue weighted by atomic mass is 32.1. The Morgan fingerprint density at radius 2 is 2.17 bits per heavy atom. The van der Waals surface area contributed by atoms with Crippen LogP contribution in [0.2, 0.25) is 0 Å². The second kappa shape index (κ2) is 7.22. The van der Waals surface area contributed by atoms with E-state index in [9.17, 15) is 14.7 Å². The predicted molar refractivity (Wildman–Crippen MR) is 102 cm³/mol. The molecule has 12 heteroatoms. The van der Waals surface area contributed by atoms with Gasteiger partial charge in [-0.2, -0.15) is 4.80 Å². The Morgan fingerprint density at radius 3 is 2.86 bits per heavy atom. The molecule has 0 radical (unpaired) electrons. The number of carbonyl (C=O) groups is 1. The van der Waals surface area contributed by atoms with Crippen LogP contribution in [0.3, 0.4) is 0 Å². The summed E-state index contributed by atoms with van der Waals surface area (Å²) in [6, 6.07) is 3.78. The van der Waals surface area contributed by atoms with E-state index in [1.54, 1.807) is 6.92 Å². The standard InChI is InChI=1S/C17H17N7O4S/c1-8-3-4-11(29-8)10(25)5-24-21-12(20-22-24)6-23-7-19-16-14(17(23)27)13(15(18)26)9(2)28-16/h3-4,7,10,25H,5-6H2,1-2H3,(H2,18,26)/t10-/m0/s1. The number of aromatic nitrogens is 6. The maximum Gasteiger partial charge on any atom is 0.265 e. The third-order valence-electron chi connectivity index (χ3n) is 4.33. The van der Waals surface area contributed by atoms with Gasteiger partial charge in [0.15, 0.2) is 5.82 Å². The van der Waals surface area contributed by atoms with Crippen LogP contribution in [-0.4, -0.2) is 40.8 Å². The first-order valence-corrected chi connectivity index (χ1v) is 9.44. The maximum absolute atomic E-state index is 12.8. The number of aliphatic hydroxyl groups excluding tert-OH is 1. The molecule has 0 aliphatic carbocycles. The van der Waals surface area contributed by atoms with Crippen LogP contribution in [0.25, 0.3) is 11.1 Å². The fourth-order valence-electron chi connectivity index (χ4n) is 2.99. The number of aliphatic hydroxyl groups is 1. The highest BCUT2D eigenvalue weighted by Gasteiger charge is 2.21. The van der Waals surface area contributed by atoms with Crippen LogP contribution in [-0.2, 0) is 13.1 Å². The minimum absolute atomic E-state index is 0.0119. The van der Waals surface area contributed by atoms with E-state index in [2.05, 4.69) is 20.4 Å². The van der Waals surface area contributed by atoms with Gasteiger partial charge in [-0.3, -0.25) is 14.2 Å². The fraction of sp³-hybridized carbons (Fsp3) is 0.294. The topological polar surface area (TPSA) is 155 Å². The van der Waals surface area contributed by atoms with Crippen molar-refractivity contribution in [3.63, 3.8) is 0 Å². The second-order valence-corrected chi connectivity index (χ2v) is 7.80. The molecule has 0 fully saturated rings. The number of furan rings is 1. The van der Waals surface area contributed by atoms with Gasteiger partial charge in [0.2, 0.25) is 5.71 Å². The lowest BCUT2D eigenvalue weighted by molar-refractivity contribution is 0.1000. The molecular formula is C17H17N7O4S. The molecule has 29 heavy (non-hydrogen) atoms. The molecule has 3 N–H and O–H groups in total. The molecule has 4 aromatic rings. The van der Waals surface area contributed by atoms with Crippen molar-refractivity contribution in [2.75, 3.05) is 0 Å². The number of primary amides is 1. The quantitative estimate of drug-likeness (QED) is 0.462. The largest absolute Gasteiger partial charge is 0.442 e. The Kier molecular flexibility index (Phi) is 4.72. The molecule has 1 atom stereocenters. The lowest BCUT2D eigenvalue weighted by Gasteiger charge is -2.06. The first kappa shape index (κ1) is 19.0. The maximum atomic E-state index is 12.8. The van der Waals surface area contributed by atoms with Crippen molar-refractivity contribution in [3.8, 4) is 0 Å². The molecule has 11 nitrogen and oxygen atoms in total. The van der Waals surface area contributed by atoms with E-state index in [1.807, 2.05) is 19.1 Å². The summed E-state index contributed by atoms with van der Waals surface area (Å²) in [4.78, 5) is 31.7. The number of thiophene rings is 1. The van der Waals surface area contributed by atoms with Gasteiger partial charge in [-0.25, -0.2) is 4.98 Å². The Balaban J connectivity index is 1.58. The van der Waals surface area contributed by atoms with Gasteiger partial charge < -0.3 is 15.3 Å². The van der Waals surface area contributed by atoms with Gasteiger partial charge in [0.1, 0.15) is 23.6 Å². The van der Waals surface area contributed by atoms with Crippen molar-refractivity contribution in [3.05, 3.63) is 55.7 Å². The van der Waals surface area contributed by atoms with Crippen LogP contribution in [0.1, 0.15) is 37.8 Å². The highest BCUT2D eigenvalue weighted by Crippen LogP contribution is 2.23. The summed E-state index contributed by atoms with van der Waals surface area (Å²) in [5, 5.41) is 22.4. The molecule has 150 valence electrons. The second-order valence-electron chi connectivity index (χ2n) is 6.48. The summed E-state index contributed by atoms with van der Waals surface area (Å²) in [6.45, 7) is 3.61. The zero-order chi connectivity index (χ0) is 20.7. The molecule has 1 amide bonds. The van der Waals surface area contributed by atoms with Gasteiger partial charge in [0.05, 0.1) is 18.7 Å². The van der Waals surface area contributed by atoms with Crippen LogP contribution in [0.4, 0.5) is 0 Å². The van der Waals surface area contributed by atoms with Crippen molar-refractivity contribution < 1.29 is 14.3 Å².